The van der Waals surface area contributed by atoms with Crippen LogP contribution in [0.3, 0.4) is 0 Å². The lowest BCUT2D eigenvalue weighted by atomic mass is 9.70. The quantitative estimate of drug-likeness (QED) is 0.691. The van der Waals surface area contributed by atoms with Gasteiger partial charge in [0.05, 0.1) is 5.60 Å². The first-order valence-corrected chi connectivity index (χ1v) is 7.83. The van der Waals surface area contributed by atoms with Crippen LogP contribution in [0.2, 0.25) is 0 Å². The van der Waals surface area contributed by atoms with E-state index in [1.165, 1.54) is 0 Å². The third kappa shape index (κ3) is 5.90. The first-order valence-electron chi connectivity index (χ1n) is 7.83. The van der Waals surface area contributed by atoms with E-state index in [1.807, 2.05) is 55.4 Å². The summed E-state index contributed by atoms with van der Waals surface area (Å²) in [5.41, 5.74) is -2.24. The number of ether oxygens (including phenoxy) is 1. The van der Waals surface area contributed by atoms with Crippen molar-refractivity contribution < 1.29 is 14.3 Å². The minimum absolute atomic E-state index is 0.0792. The SMILES string of the molecule is CCC(=O)C(C)(C)OC(C)(C)CC(C)(C)C(=O)C(C)(C)C. The van der Waals surface area contributed by atoms with E-state index >= 15 is 0 Å². The van der Waals surface area contributed by atoms with Gasteiger partial charge < -0.3 is 4.74 Å². The molecule has 3 heteroatoms. The Morgan fingerprint density at radius 1 is 0.857 bits per heavy atom. The van der Waals surface area contributed by atoms with Gasteiger partial charge in [0.25, 0.3) is 0 Å². The van der Waals surface area contributed by atoms with Gasteiger partial charge in [-0.25, -0.2) is 0 Å². The highest BCUT2D eigenvalue weighted by atomic mass is 16.5. The fourth-order valence-corrected chi connectivity index (χ4v) is 3.37. The zero-order chi connectivity index (χ0) is 17.3. The molecule has 0 unspecified atom stereocenters. The fraction of sp³-hybridized carbons (Fsp3) is 0.889. The minimum atomic E-state index is -0.820. The average Bonchev–Trinajstić information content (AvgIpc) is 2.22. The van der Waals surface area contributed by atoms with Crippen LogP contribution in [0.15, 0.2) is 0 Å². The second-order valence-corrected chi connectivity index (χ2v) is 8.79. The molecule has 0 atom stereocenters. The Balaban J connectivity index is 5.13. The van der Waals surface area contributed by atoms with E-state index in [9.17, 15) is 9.59 Å². The molecule has 0 saturated carbocycles. The van der Waals surface area contributed by atoms with Crippen molar-refractivity contribution in [2.45, 2.75) is 93.3 Å². The summed E-state index contributed by atoms with van der Waals surface area (Å²) in [5, 5.41) is 0. The number of hydrogen-bond acceptors (Lipinski definition) is 3. The first kappa shape index (κ1) is 20.3. The van der Waals surface area contributed by atoms with Gasteiger partial charge >= 0.3 is 0 Å². The standard InChI is InChI=1S/C18H34O3/c1-11-13(19)18(9,10)21-17(7,8)12-16(5,6)14(20)15(2,3)4/h11-12H2,1-10H3. The summed E-state index contributed by atoms with van der Waals surface area (Å²) >= 11 is 0. The molecule has 0 aliphatic heterocycles. The summed E-state index contributed by atoms with van der Waals surface area (Å²) in [6, 6.07) is 0. The number of Topliss-reactive ketones (excluding diaryl/α,β-unsaturated/α-hetero) is 2. The second-order valence-electron chi connectivity index (χ2n) is 8.79. The summed E-state index contributed by atoms with van der Waals surface area (Å²) < 4.78 is 6.07. The van der Waals surface area contributed by atoms with Gasteiger partial charge in [0, 0.05) is 17.3 Å². The van der Waals surface area contributed by atoms with Gasteiger partial charge in [-0.15, -0.1) is 0 Å². The van der Waals surface area contributed by atoms with Gasteiger partial charge in [-0.2, -0.15) is 0 Å². The van der Waals surface area contributed by atoms with Crippen LogP contribution in [0, 0.1) is 10.8 Å². The monoisotopic (exact) mass is 298 g/mol. The Kier molecular flexibility index (Phi) is 5.99. The van der Waals surface area contributed by atoms with Crippen LogP contribution < -0.4 is 0 Å². The maximum Gasteiger partial charge on any atom is 0.163 e. The van der Waals surface area contributed by atoms with Gasteiger partial charge in [-0.3, -0.25) is 9.59 Å². The number of carbonyl (C=O) groups excluding carboxylic acids is 2. The van der Waals surface area contributed by atoms with E-state index < -0.39 is 16.6 Å². The van der Waals surface area contributed by atoms with Crippen LogP contribution in [0.5, 0.6) is 0 Å². The Morgan fingerprint density at radius 2 is 1.29 bits per heavy atom. The van der Waals surface area contributed by atoms with Crippen molar-refractivity contribution in [1.29, 1.82) is 0 Å². The van der Waals surface area contributed by atoms with Gasteiger partial charge in [0.1, 0.15) is 11.4 Å². The zero-order valence-corrected chi connectivity index (χ0v) is 15.6. The highest BCUT2D eigenvalue weighted by Gasteiger charge is 2.43. The highest BCUT2D eigenvalue weighted by Crippen LogP contribution is 2.38. The second kappa shape index (κ2) is 6.20. The van der Waals surface area contributed by atoms with Crippen molar-refractivity contribution in [2.75, 3.05) is 0 Å². The molecule has 0 aliphatic rings. The molecule has 124 valence electrons. The minimum Gasteiger partial charge on any atom is -0.362 e. The van der Waals surface area contributed by atoms with Crippen LogP contribution in [0.1, 0.15) is 82.1 Å². The molecular formula is C18H34O3. The molecule has 0 rings (SSSR count). The molecule has 0 aliphatic carbocycles. The number of carbonyl (C=O) groups is 2. The average molecular weight is 298 g/mol. The lowest BCUT2D eigenvalue weighted by molar-refractivity contribution is -0.168. The largest absolute Gasteiger partial charge is 0.362 e. The summed E-state index contributed by atoms with van der Waals surface area (Å²) in [6.45, 7) is 19.1. The zero-order valence-electron chi connectivity index (χ0n) is 15.6. The van der Waals surface area contributed by atoms with Gasteiger partial charge in [0.2, 0.25) is 0 Å². The van der Waals surface area contributed by atoms with Crippen LogP contribution in [0.25, 0.3) is 0 Å². The molecule has 3 nitrogen and oxygen atoms in total. The van der Waals surface area contributed by atoms with E-state index in [-0.39, 0.29) is 17.0 Å². The van der Waals surface area contributed by atoms with Crippen molar-refractivity contribution in [2.24, 2.45) is 10.8 Å². The molecule has 0 radical (unpaired) electrons. The van der Waals surface area contributed by atoms with E-state index in [1.54, 1.807) is 13.8 Å². The molecule has 0 bridgehead atoms. The summed E-state index contributed by atoms with van der Waals surface area (Å²) in [5.74, 6) is 0.293. The molecule has 21 heavy (non-hydrogen) atoms. The maximum absolute atomic E-state index is 12.6. The Bertz CT molecular complexity index is 395. The van der Waals surface area contributed by atoms with Gasteiger partial charge in [0.15, 0.2) is 5.78 Å². The summed E-state index contributed by atoms with van der Waals surface area (Å²) in [7, 11) is 0. The fourth-order valence-electron chi connectivity index (χ4n) is 3.37. The Labute approximate surface area is 130 Å². The normalized spacial score (nSPS) is 14.2. The molecule has 0 fully saturated rings. The van der Waals surface area contributed by atoms with Crippen molar-refractivity contribution in [1.82, 2.24) is 0 Å². The third-order valence-corrected chi connectivity index (χ3v) is 3.69. The molecule has 0 aromatic rings. The molecule has 0 amide bonds. The smallest absolute Gasteiger partial charge is 0.163 e. The Hall–Kier alpha value is -0.700. The number of hydrogen-bond donors (Lipinski definition) is 0. The Morgan fingerprint density at radius 3 is 1.62 bits per heavy atom. The first-order chi connectivity index (χ1) is 9.05. The van der Waals surface area contributed by atoms with E-state index in [2.05, 4.69) is 0 Å². The third-order valence-electron chi connectivity index (χ3n) is 3.69. The molecule has 0 saturated heterocycles. The maximum atomic E-state index is 12.6. The lowest BCUT2D eigenvalue weighted by Crippen LogP contribution is -2.47. The van der Waals surface area contributed by atoms with Crippen LogP contribution >= 0.6 is 0 Å². The molecule has 0 spiro atoms. The molecule has 0 aromatic carbocycles. The van der Waals surface area contributed by atoms with Crippen molar-refractivity contribution in [3.8, 4) is 0 Å². The predicted octanol–water partition coefficient (Wildman–Crippen LogP) is 4.57. The highest BCUT2D eigenvalue weighted by molar-refractivity contribution is 5.89. The number of ketones is 2. The number of rotatable bonds is 7. The molecule has 0 N–H and O–H groups in total. The van der Waals surface area contributed by atoms with Crippen molar-refractivity contribution in [3.05, 3.63) is 0 Å². The van der Waals surface area contributed by atoms with Crippen LogP contribution in [-0.2, 0) is 14.3 Å². The van der Waals surface area contributed by atoms with Crippen LogP contribution in [0.4, 0.5) is 0 Å². The van der Waals surface area contributed by atoms with Crippen LogP contribution in [-0.4, -0.2) is 22.8 Å². The van der Waals surface area contributed by atoms with Crippen molar-refractivity contribution >= 4 is 11.6 Å². The molecule has 0 heterocycles. The molecular weight excluding hydrogens is 264 g/mol. The van der Waals surface area contributed by atoms with Gasteiger partial charge in [-0.05, 0) is 34.1 Å². The topological polar surface area (TPSA) is 43.4 Å². The molecule has 0 aromatic heterocycles. The van der Waals surface area contributed by atoms with E-state index in [4.69, 9.17) is 4.74 Å². The van der Waals surface area contributed by atoms with Gasteiger partial charge in [-0.1, -0.05) is 41.5 Å². The van der Waals surface area contributed by atoms with E-state index in [0.29, 0.717) is 12.8 Å². The van der Waals surface area contributed by atoms with E-state index in [0.717, 1.165) is 0 Å². The predicted molar refractivity (Wildman–Crippen MR) is 87.4 cm³/mol. The summed E-state index contributed by atoms with van der Waals surface area (Å²) in [4.78, 5) is 24.6. The lowest BCUT2D eigenvalue weighted by Gasteiger charge is -2.41. The van der Waals surface area contributed by atoms with Crippen molar-refractivity contribution in [3.63, 3.8) is 0 Å². The summed E-state index contributed by atoms with van der Waals surface area (Å²) in [6.07, 6.45) is 1.03.